The van der Waals surface area contributed by atoms with Gasteiger partial charge in [0.1, 0.15) is 6.29 Å². The van der Waals surface area contributed by atoms with Crippen molar-refractivity contribution < 1.29 is 14.7 Å². The molecule has 0 radical (unpaired) electrons. The van der Waals surface area contributed by atoms with Crippen LogP contribution < -0.4 is 0 Å². The maximum Gasteiger partial charge on any atom is 0.335 e. The number of aldehydes is 1. The molecule has 0 atom stereocenters. The van der Waals surface area contributed by atoms with Gasteiger partial charge in [0.15, 0.2) is 0 Å². The van der Waals surface area contributed by atoms with Crippen molar-refractivity contribution in [2.45, 2.75) is 25.7 Å². The molecule has 0 bridgehead atoms. The van der Waals surface area contributed by atoms with E-state index in [1.807, 2.05) is 12.1 Å². The smallest absolute Gasteiger partial charge is 0.335 e. The van der Waals surface area contributed by atoms with Crippen LogP contribution in [0.15, 0.2) is 24.3 Å². The average Bonchev–Trinajstić information content (AvgIpc) is 2.48. The van der Waals surface area contributed by atoms with Crippen LogP contribution in [0.25, 0.3) is 0 Å². The highest BCUT2D eigenvalue weighted by Gasteiger charge is 2.17. The largest absolute Gasteiger partial charge is 0.478 e. The summed E-state index contributed by atoms with van der Waals surface area (Å²) in [6.45, 7) is 3.08. The maximum atomic E-state index is 10.8. The number of carboxylic acids is 1. The molecule has 4 nitrogen and oxygen atoms in total. The second kappa shape index (κ2) is 7.20. The second-order valence-corrected chi connectivity index (χ2v) is 5.42. The van der Waals surface area contributed by atoms with E-state index in [0.29, 0.717) is 5.56 Å². The van der Waals surface area contributed by atoms with Crippen LogP contribution in [0.4, 0.5) is 0 Å². The zero-order valence-electron chi connectivity index (χ0n) is 11.6. The minimum atomic E-state index is -0.880. The molecule has 108 valence electrons. The molecule has 1 fully saturated rings. The number of hydrogen-bond donors (Lipinski definition) is 1. The summed E-state index contributed by atoms with van der Waals surface area (Å²) in [5.41, 5.74) is 1.52. The average molecular weight is 275 g/mol. The highest BCUT2D eigenvalue weighted by Crippen LogP contribution is 2.15. The topological polar surface area (TPSA) is 57.6 Å². The lowest BCUT2D eigenvalue weighted by atomic mass is 9.98. The standard InChI is InChI=1S/C16H21NO3/c18-12-14-7-10-17(11-8-14)9-1-2-13-3-5-15(6-4-13)16(19)20/h3-6,12,14H,1-2,7-11H2,(H,19,20). The second-order valence-electron chi connectivity index (χ2n) is 5.42. The predicted molar refractivity (Wildman–Crippen MR) is 77.0 cm³/mol. The molecule has 1 aromatic carbocycles. The summed E-state index contributed by atoms with van der Waals surface area (Å²) in [7, 11) is 0. The van der Waals surface area contributed by atoms with E-state index in [1.54, 1.807) is 12.1 Å². The van der Waals surface area contributed by atoms with Crippen molar-refractivity contribution in [1.82, 2.24) is 4.90 Å². The summed E-state index contributed by atoms with van der Waals surface area (Å²) in [5, 5.41) is 8.83. The van der Waals surface area contributed by atoms with Crippen LogP contribution in [0, 0.1) is 5.92 Å². The van der Waals surface area contributed by atoms with Gasteiger partial charge in [-0.1, -0.05) is 12.1 Å². The highest BCUT2D eigenvalue weighted by molar-refractivity contribution is 5.87. The fraction of sp³-hybridized carbons (Fsp3) is 0.500. The third-order valence-electron chi connectivity index (χ3n) is 3.97. The number of likely N-dealkylation sites (tertiary alicyclic amines) is 1. The highest BCUT2D eigenvalue weighted by atomic mass is 16.4. The predicted octanol–water partition coefficient (Wildman–Crippen LogP) is 2.23. The van der Waals surface area contributed by atoms with Gasteiger partial charge in [-0.25, -0.2) is 4.79 Å². The van der Waals surface area contributed by atoms with Crippen LogP contribution >= 0.6 is 0 Å². The summed E-state index contributed by atoms with van der Waals surface area (Å²) < 4.78 is 0. The van der Waals surface area contributed by atoms with Gasteiger partial charge in [0.05, 0.1) is 5.56 Å². The number of carbonyl (C=O) groups excluding carboxylic acids is 1. The van der Waals surface area contributed by atoms with Gasteiger partial charge in [-0.3, -0.25) is 0 Å². The molecular formula is C16H21NO3. The molecule has 0 unspecified atom stereocenters. The molecule has 0 spiro atoms. The molecule has 0 saturated carbocycles. The zero-order chi connectivity index (χ0) is 14.4. The number of aromatic carboxylic acids is 1. The van der Waals surface area contributed by atoms with Crippen LogP contribution in [0.5, 0.6) is 0 Å². The molecule has 1 saturated heterocycles. The quantitative estimate of drug-likeness (QED) is 0.809. The van der Waals surface area contributed by atoms with E-state index in [9.17, 15) is 9.59 Å². The normalized spacial score (nSPS) is 17.0. The van der Waals surface area contributed by atoms with Gasteiger partial charge >= 0.3 is 5.97 Å². The number of carboxylic acid groups (broad SMARTS) is 1. The Hall–Kier alpha value is -1.68. The van der Waals surface area contributed by atoms with Gasteiger partial charge in [-0.05, 0) is 63.0 Å². The number of aryl methyl sites for hydroxylation is 1. The molecule has 1 aliphatic rings. The van der Waals surface area contributed by atoms with E-state index >= 15 is 0 Å². The van der Waals surface area contributed by atoms with Crippen LogP contribution in [-0.4, -0.2) is 41.9 Å². The summed E-state index contributed by atoms with van der Waals surface area (Å²) in [4.78, 5) is 23.8. The molecular weight excluding hydrogens is 254 g/mol. The van der Waals surface area contributed by atoms with Crippen molar-refractivity contribution in [3.63, 3.8) is 0 Å². The van der Waals surface area contributed by atoms with Crippen LogP contribution in [0.1, 0.15) is 35.2 Å². The Morgan fingerprint density at radius 3 is 2.45 bits per heavy atom. The molecule has 0 aliphatic carbocycles. The number of benzene rings is 1. The van der Waals surface area contributed by atoms with Gasteiger partial charge < -0.3 is 14.8 Å². The number of rotatable bonds is 6. The number of nitrogens with zero attached hydrogens (tertiary/aromatic N) is 1. The molecule has 0 aromatic heterocycles. The molecule has 1 aromatic rings. The Morgan fingerprint density at radius 1 is 1.25 bits per heavy atom. The molecule has 1 N–H and O–H groups in total. The Bertz CT molecular complexity index is 447. The maximum absolute atomic E-state index is 10.8. The van der Waals surface area contributed by atoms with Crippen LogP contribution in [0.3, 0.4) is 0 Å². The fourth-order valence-corrected chi connectivity index (χ4v) is 2.63. The monoisotopic (exact) mass is 275 g/mol. The van der Waals surface area contributed by atoms with Gasteiger partial charge in [0, 0.05) is 5.92 Å². The van der Waals surface area contributed by atoms with Crippen LogP contribution in [-0.2, 0) is 11.2 Å². The van der Waals surface area contributed by atoms with E-state index in [-0.39, 0.29) is 5.92 Å². The van der Waals surface area contributed by atoms with Crippen LogP contribution in [0.2, 0.25) is 0 Å². The fourth-order valence-electron chi connectivity index (χ4n) is 2.63. The molecule has 2 rings (SSSR count). The first-order valence-electron chi connectivity index (χ1n) is 7.19. The third kappa shape index (κ3) is 4.17. The van der Waals surface area contributed by atoms with E-state index in [2.05, 4.69) is 4.90 Å². The summed E-state index contributed by atoms with van der Waals surface area (Å²) in [6, 6.07) is 7.10. The SMILES string of the molecule is O=CC1CCN(CCCc2ccc(C(=O)O)cc2)CC1. The van der Waals surface area contributed by atoms with Crippen molar-refractivity contribution >= 4 is 12.3 Å². The van der Waals surface area contributed by atoms with Gasteiger partial charge in [-0.15, -0.1) is 0 Å². The van der Waals surface area contributed by atoms with Crippen molar-refractivity contribution in [1.29, 1.82) is 0 Å². The first-order valence-corrected chi connectivity index (χ1v) is 7.19. The Morgan fingerprint density at radius 2 is 1.90 bits per heavy atom. The number of piperidine rings is 1. The number of hydrogen-bond acceptors (Lipinski definition) is 3. The molecule has 4 heteroatoms. The zero-order valence-corrected chi connectivity index (χ0v) is 11.6. The molecule has 1 aliphatic heterocycles. The first-order chi connectivity index (χ1) is 9.69. The van der Waals surface area contributed by atoms with E-state index < -0.39 is 5.97 Å². The lowest BCUT2D eigenvalue weighted by Crippen LogP contribution is -2.34. The molecule has 20 heavy (non-hydrogen) atoms. The lowest BCUT2D eigenvalue weighted by Gasteiger charge is -2.29. The van der Waals surface area contributed by atoms with E-state index in [1.165, 1.54) is 5.56 Å². The minimum absolute atomic E-state index is 0.259. The van der Waals surface area contributed by atoms with E-state index in [4.69, 9.17) is 5.11 Å². The molecule has 0 amide bonds. The van der Waals surface area contributed by atoms with Crippen molar-refractivity contribution in [3.05, 3.63) is 35.4 Å². The van der Waals surface area contributed by atoms with E-state index in [0.717, 1.165) is 51.6 Å². The van der Waals surface area contributed by atoms with Crippen molar-refractivity contribution in [2.24, 2.45) is 5.92 Å². The minimum Gasteiger partial charge on any atom is -0.478 e. The Balaban J connectivity index is 1.70. The molecule has 1 heterocycles. The summed E-state index contributed by atoms with van der Waals surface area (Å²) in [6.07, 6.45) is 5.08. The van der Waals surface area contributed by atoms with Gasteiger partial charge in [0.25, 0.3) is 0 Å². The summed E-state index contributed by atoms with van der Waals surface area (Å²) >= 11 is 0. The lowest BCUT2D eigenvalue weighted by molar-refractivity contribution is -0.112. The van der Waals surface area contributed by atoms with Gasteiger partial charge in [0.2, 0.25) is 0 Å². The van der Waals surface area contributed by atoms with Gasteiger partial charge in [-0.2, -0.15) is 0 Å². The first kappa shape index (κ1) is 14.7. The third-order valence-corrected chi connectivity index (χ3v) is 3.97. The number of carbonyl (C=O) groups is 2. The summed E-state index contributed by atoms with van der Waals surface area (Å²) in [5.74, 6) is -0.621. The van der Waals surface area contributed by atoms with Crippen molar-refractivity contribution in [2.75, 3.05) is 19.6 Å². The Kier molecular flexibility index (Phi) is 5.30. The Labute approximate surface area is 119 Å². The van der Waals surface area contributed by atoms with Crippen molar-refractivity contribution in [3.8, 4) is 0 Å².